The lowest BCUT2D eigenvalue weighted by Crippen LogP contribution is -2.04. The standard InChI is InChI=1S/C17H17NO4/c1-21-16(19)13-5-3-12(4-6-13)11-18-15-9-7-14(8-10-15)17(20)22-2/h3-10,18H,11H2,1-2H3. The molecule has 2 rings (SSSR count). The highest BCUT2D eigenvalue weighted by molar-refractivity contribution is 5.90. The second-order valence-electron chi connectivity index (χ2n) is 4.61. The number of benzene rings is 2. The molecule has 0 spiro atoms. The molecule has 0 aliphatic carbocycles. The summed E-state index contributed by atoms with van der Waals surface area (Å²) >= 11 is 0. The SMILES string of the molecule is COC(=O)c1ccc(CNc2ccc(C(=O)OC)cc2)cc1. The fraction of sp³-hybridized carbons (Fsp3) is 0.176. The van der Waals surface area contributed by atoms with Crippen molar-refractivity contribution in [2.75, 3.05) is 19.5 Å². The van der Waals surface area contributed by atoms with E-state index in [2.05, 4.69) is 14.8 Å². The molecule has 0 fully saturated rings. The fourth-order valence-electron chi connectivity index (χ4n) is 1.92. The molecule has 0 unspecified atom stereocenters. The summed E-state index contributed by atoms with van der Waals surface area (Å²) in [6.45, 7) is 0.610. The molecule has 2 aromatic rings. The van der Waals surface area contributed by atoms with Crippen LogP contribution in [0.5, 0.6) is 0 Å². The van der Waals surface area contributed by atoms with E-state index < -0.39 is 0 Å². The first-order valence-electron chi connectivity index (χ1n) is 6.73. The molecule has 0 heterocycles. The lowest BCUT2D eigenvalue weighted by atomic mass is 10.1. The first kappa shape index (κ1) is 15.6. The number of rotatable bonds is 5. The van der Waals surface area contributed by atoms with Crippen LogP contribution in [0.4, 0.5) is 5.69 Å². The van der Waals surface area contributed by atoms with Gasteiger partial charge in [-0.1, -0.05) is 12.1 Å². The molecule has 0 amide bonds. The third kappa shape index (κ3) is 3.85. The van der Waals surface area contributed by atoms with E-state index in [1.807, 2.05) is 24.3 Å². The highest BCUT2D eigenvalue weighted by Crippen LogP contribution is 2.13. The van der Waals surface area contributed by atoms with Crippen LogP contribution in [0.15, 0.2) is 48.5 Å². The molecular formula is C17H17NO4. The van der Waals surface area contributed by atoms with Crippen LogP contribution < -0.4 is 5.32 Å². The maximum absolute atomic E-state index is 11.3. The minimum atomic E-state index is -0.357. The van der Waals surface area contributed by atoms with Crippen molar-refractivity contribution in [3.05, 3.63) is 65.2 Å². The minimum Gasteiger partial charge on any atom is -0.465 e. The number of carbonyl (C=O) groups excluding carboxylic acids is 2. The number of methoxy groups -OCH3 is 2. The van der Waals surface area contributed by atoms with Gasteiger partial charge in [0.15, 0.2) is 0 Å². The van der Waals surface area contributed by atoms with Crippen LogP contribution in [0.3, 0.4) is 0 Å². The van der Waals surface area contributed by atoms with Crippen LogP contribution in [0.1, 0.15) is 26.3 Å². The van der Waals surface area contributed by atoms with E-state index in [-0.39, 0.29) is 11.9 Å². The molecule has 0 aliphatic rings. The van der Waals surface area contributed by atoms with E-state index in [0.29, 0.717) is 17.7 Å². The second kappa shape index (κ2) is 7.26. The van der Waals surface area contributed by atoms with Gasteiger partial charge in [-0.15, -0.1) is 0 Å². The highest BCUT2D eigenvalue weighted by Gasteiger charge is 2.05. The van der Waals surface area contributed by atoms with Crippen LogP contribution in [0.25, 0.3) is 0 Å². The van der Waals surface area contributed by atoms with Crippen molar-refractivity contribution >= 4 is 17.6 Å². The zero-order chi connectivity index (χ0) is 15.9. The van der Waals surface area contributed by atoms with Gasteiger partial charge in [0.25, 0.3) is 0 Å². The van der Waals surface area contributed by atoms with Gasteiger partial charge >= 0.3 is 11.9 Å². The summed E-state index contributed by atoms with van der Waals surface area (Å²) in [5.41, 5.74) is 2.96. The Labute approximate surface area is 128 Å². The van der Waals surface area contributed by atoms with Crippen LogP contribution in [0.2, 0.25) is 0 Å². The van der Waals surface area contributed by atoms with Gasteiger partial charge in [-0.25, -0.2) is 9.59 Å². The van der Waals surface area contributed by atoms with Gasteiger partial charge in [0.2, 0.25) is 0 Å². The molecule has 5 heteroatoms. The van der Waals surface area contributed by atoms with Crippen LogP contribution >= 0.6 is 0 Å². The third-order valence-corrected chi connectivity index (χ3v) is 3.18. The summed E-state index contributed by atoms with van der Waals surface area (Å²) < 4.78 is 9.30. The summed E-state index contributed by atoms with van der Waals surface area (Å²) in [5.74, 6) is -0.706. The zero-order valence-corrected chi connectivity index (χ0v) is 12.5. The Morgan fingerprint density at radius 1 is 0.818 bits per heavy atom. The molecule has 5 nitrogen and oxygen atoms in total. The largest absolute Gasteiger partial charge is 0.465 e. The first-order valence-corrected chi connectivity index (χ1v) is 6.73. The number of nitrogens with one attached hydrogen (secondary N) is 1. The molecule has 2 aromatic carbocycles. The Kier molecular flexibility index (Phi) is 5.14. The maximum atomic E-state index is 11.3. The predicted octanol–water partition coefficient (Wildman–Crippen LogP) is 2.87. The summed E-state index contributed by atoms with van der Waals surface area (Å²) in [4.78, 5) is 22.7. The van der Waals surface area contributed by atoms with Crippen molar-refractivity contribution in [2.24, 2.45) is 0 Å². The monoisotopic (exact) mass is 299 g/mol. The second-order valence-corrected chi connectivity index (χ2v) is 4.61. The molecule has 0 saturated carbocycles. The van der Waals surface area contributed by atoms with Gasteiger partial charge in [0.1, 0.15) is 0 Å². The molecule has 0 saturated heterocycles. The lowest BCUT2D eigenvalue weighted by molar-refractivity contribution is 0.0592. The molecule has 0 radical (unpaired) electrons. The van der Waals surface area contributed by atoms with Crippen molar-refractivity contribution in [1.82, 2.24) is 0 Å². The number of esters is 2. The number of hydrogen-bond donors (Lipinski definition) is 1. The van der Waals surface area contributed by atoms with Crippen LogP contribution in [0, 0.1) is 0 Å². The molecular weight excluding hydrogens is 282 g/mol. The zero-order valence-electron chi connectivity index (χ0n) is 12.5. The Hall–Kier alpha value is -2.82. The molecule has 114 valence electrons. The molecule has 0 aromatic heterocycles. The van der Waals surface area contributed by atoms with Crippen molar-refractivity contribution in [3.63, 3.8) is 0 Å². The first-order chi connectivity index (χ1) is 10.6. The predicted molar refractivity (Wildman–Crippen MR) is 82.9 cm³/mol. The van der Waals surface area contributed by atoms with Gasteiger partial charge in [-0.05, 0) is 42.0 Å². The molecule has 0 bridgehead atoms. The lowest BCUT2D eigenvalue weighted by Gasteiger charge is -2.08. The van der Waals surface area contributed by atoms with E-state index in [1.54, 1.807) is 24.3 Å². The van der Waals surface area contributed by atoms with Gasteiger partial charge in [-0.2, -0.15) is 0 Å². The van der Waals surface area contributed by atoms with Crippen molar-refractivity contribution in [2.45, 2.75) is 6.54 Å². The average Bonchev–Trinajstić information content (AvgIpc) is 2.59. The number of hydrogen-bond acceptors (Lipinski definition) is 5. The molecule has 0 atom stereocenters. The molecule has 1 N–H and O–H groups in total. The summed E-state index contributed by atoms with van der Waals surface area (Å²) in [5, 5.41) is 3.24. The Morgan fingerprint density at radius 2 is 1.27 bits per heavy atom. The van der Waals surface area contributed by atoms with Crippen molar-refractivity contribution in [1.29, 1.82) is 0 Å². The van der Waals surface area contributed by atoms with E-state index in [9.17, 15) is 9.59 Å². The molecule has 0 aliphatic heterocycles. The van der Waals surface area contributed by atoms with E-state index in [4.69, 9.17) is 0 Å². The Morgan fingerprint density at radius 3 is 1.73 bits per heavy atom. The van der Waals surface area contributed by atoms with E-state index >= 15 is 0 Å². The quantitative estimate of drug-likeness (QED) is 0.860. The van der Waals surface area contributed by atoms with E-state index in [1.165, 1.54) is 14.2 Å². The third-order valence-electron chi connectivity index (χ3n) is 3.18. The fourth-order valence-corrected chi connectivity index (χ4v) is 1.92. The highest BCUT2D eigenvalue weighted by atomic mass is 16.5. The minimum absolute atomic E-state index is 0.349. The number of anilines is 1. The smallest absolute Gasteiger partial charge is 0.337 e. The summed E-state index contributed by atoms with van der Waals surface area (Å²) in [6, 6.07) is 14.2. The van der Waals surface area contributed by atoms with Crippen LogP contribution in [-0.2, 0) is 16.0 Å². The van der Waals surface area contributed by atoms with E-state index in [0.717, 1.165) is 11.3 Å². The normalized spacial score (nSPS) is 9.91. The van der Waals surface area contributed by atoms with Gasteiger partial charge in [-0.3, -0.25) is 0 Å². The van der Waals surface area contributed by atoms with Crippen LogP contribution in [-0.4, -0.2) is 26.2 Å². The summed E-state index contributed by atoms with van der Waals surface area (Å²) in [7, 11) is 2.71. The molecule has 22 heavy (non-hydrogen) atoms. The van der Waals surface area contributed by atoms with Crippen molar-refractivity contribution < 1.29 is 19.1 Å². The van der Waals surface area contributed by atoms with Gasteiger partial charge in [0, 0.05) is 12.2 Å². The number of carbonyl (C=O) groups is 2. The van der Waals surface area contributed by atoms with Gasteiger partial charge in [0.05, 0.1) is 25.3 Å². The van der Waals surface area contributed by atoms with Gasteiger partial charge < -0.3 is 14.8 Å². The Bertz CT molecular complexity index is 588. The maximum Gasteiger partial charge on any atom is 0.337 e. The topological polar surface area (TPSA) is 64.6 Å². The number of ether oxygens (including phenoxy) is 2. The Balaban J connectivity index is 1.95. The summed E-state index contributed by atoms with van der Waals surface area (Å²) in [6.07, 6.45) is 0. The van der Waals surface area contributed by atoms with Crippen molar-refractivity contribution in [3.8, 4) is 0 Å². The average molecular weight is 299 g/mol.